The Hall–Kier alpha value is 1.79. The molecule has 0 saturated carbocycles. The van der Waals surface area contributed by atoms with Crippen LogP contribution in [0.1, 0.15) is 0 Å². The molecular weight excluding hydrogens is 219 g/mol. The summed E-state index contributed by atoms with van der Waals surface area (Å²) in [6.45, 7) is 0. The molecule has 0 aliphatic rings. The topological polar surface area (TPSA) is 0 Å². The molecule has 0 unspecified atom stereocenters. The van der Waals surface area contributed by atoms with Crippen molar-refractivity contribution < 1.29 is 52.1 Å². The average molecular weight is 220 g/mol. The van der Waals surface area contributed by atoms with Crippen LogP contribution in [0.3, 0.4) is 0 Å². The zero-order valence-electron chi connectivity index (χ0n) is 1.87. The zero-order chi connectivity index (χ0) is 0. The number of rotatable bonds is 0. The van der Waals surface area contributed by atoms with Crippen molar-refractivity contribution in [2.45, 2.75) is 0 Å². The second kappa shape index (κ2) is 21.5. The molecule has 0 bridgehead atoms. The van der Waals surface area contributed by atoms with E-state index in [-0.39, 0.29) is 64.5 Å². The van der Waals surface area contributed by atoms with E-state index >= 15 is 0 Å². The van der Waals surface area contributed by atoms with E-state index in [0.717, 1.165) is 0 Å². The number of hydrogen-bond donors (Lipinski definition) is 0. The Bertz CT molecular complexity index is 3.25. The van der Waals surface area contributed by atoms with Gasteiger partial charge in [-0.25, -0.2) is 0 Å². The van der Waals surface area contributed by atoms with Crippen LogP contribution in [0.25, 0.3) is 0 Å². The number of halogens is 3. The van der Waals surface area contributed by atoms with Gasteiger partial charge in [0, 0.05) is 0 Å². The molecule has 0 N–H and O–H groups in total. The van der Waals surface area contributed by atoms with Crippen molar-refractivity contribution in [3.8, 4) is 0 Å². The Labute approximate surface area is 64.1 Å². The van der Waals surface area contributed by atoms with Crippen LogP contribution < -0.4 is 24.8 Å². The fourth-order valence-electron chi connectivity index (χ4n) is 0. The maximum atomic E-state index is 0. The molecule has 4 heavy (non-hydrogen) atoms. The molecule has 0 heterocycles. The SMILES string of the molecule is Cl.[Cd+2].[Cl-].[Cl-]. The second-order valence-electron chi connectivity index (χ2n) is 0. The van der Waals surface area contributed by atoms with Gasteiger partial charge in [-0.3, -0.25) is 0 Å². The van der Waals surface area contributed by atoms with Crippen molar-refractivity contribution in [3.05, 3.63) is 0 Å². The minimum Gasteiger partial charge on any atom is -1.00 e. The fraction of sp³-hybridized carbons (Fsp3) is 0. The largest absolute Gasteiger partial charge is 2.00 e. The molecule has 0 amide bonds. The summed E-state index contributed by atoms with van der Waals surface area (Å²) in [5, 5.41) is 0. The molecule has 4 heteroatoms. The van der Waals surface area contributed by atoms with Crippen LogP contribution in [0.15, 0.2) is 0 Å². The van der Waals surface area contributed by atoms with Crippen molar-refractivity contribution >= 4 is 12.4 Å². The summed E-state index contributed by atoms with van der Waals surface area (Å²) in [5.41, 5.74) is 0. The normalized spacial score (nSPS) is 0. The van der Waals surface area contributed by atoms with Crippen LogP contribution in [0.5, 0.6) is 0 Å². The molecular formula is HCdCl3. The zero-order valence-corrected chi connectivity index (χ0v) is 8.24. The molecule has 0 nitrogen and oxygen atoms in total. The van der Waals surface area contributed by atoms with Crippen LogP contribution in [-0.4, -0.2) is 0 Å². The van der Waals surface area contributed by atoms with E-state index in [1.807, 2.05) is 0 Å². The van der Waals surface area contributed by atoms with Crippen molar-refractivity contribution in [1.82, 2.24) is 0 Å². The first-order valence-electron chi connectivity index (χ1n) is 0. The first kappa shape index (κ1) is 41.4. The van der Waals surface area contributed by atoms with Crippen LogP contribution in [0.2, 0.25) is 0 Å². The van der Waals surface area contributed by atoms with E-state index in [2.05, 4.69) is 0 Å². The average Bonchev–Trinajstić information content (AvgIpc) is 0. The maximum Gasteiger partial charge on any atom is 2.00 e. The summed E-state index contributed by atoms with van der Waals surface area (Å²) in [6, 6.07) is 0. The smallest absolute Gasteiger partial charge is 1.00 e. The van der Waals surface area contributed by atoms with Gasteiger partial charge in [0.05, 0.1) is 0 Å². The van der Waals surface area contributed by atoms with Gasteiger partial charge in [0.25, 0.3) is 0 Å². The Morgan fingerprint density at radius 2 is 0.750 bits per heavy atom. The Morgan fingerprint density at radius 1 is 0.750 bits per heavy atom. The van der Waals surface area contributed by atoms with Crippen molar-refractivity contribution in [3.63, 3.8) is 0 Å². The van der Waals surface area contributed by atoms with Crippen molar-refractivity contribution in [1.29, 1.82) is 0 Å². The molecule has 0 aromatic carbocycles. The monoisotopic (exact) mass is 220 g/mol. The third kappa shape index (κ3) is 9.20. The predicted octanol–water partition coefficient (Wildman–Crippen LogP) is -5.57. The van der Waals surface area contributed by atoms with E-state index < -0.39 is 0 Å². The van der Waals surface area contributed by atoms with Gasteiger partial charge < -0.3 is 24.8 Å². The van der Waals surface area contributed by atoms with Gasteiger partial charge in [0.2, 0.25) is 0 Å². The van der Waals surface area contributed by atoms with E-state index in [4.69, 9.17) is 0 Å². The van der Waals surface area contributed by atoms with E-state index in [1.165, 1.54) is 0 Å². The Balaban J connectivity index is 0. The Morgan fingerprint density at radius 3 is 0.750 bits per heavy atom. The molecule has 0 aromatic rings. The molecule has 0 saturated heterocycles. The van der Waals surface area contributed by atoms with Gasteiger partial charge in [0.15, 0.2) is 0 Å². The summed E-state index contributed by atoms with van der Waals surface area (Å²) >= 11 is 0. The second-order valence-corrected chi connectivity index (χ2v) is 0. The first-order valence-corrected chi connectivity index (χ1v) is 0. The molecule has 24 valence electrons. The van der Waals surface area contributed by atoms with E-state index in [1.54, 1.807) is 0 Å². The van der Waals surface area contributed by atoms with Gasteiger partial charge in [0.1, 0.15) is 0 Å². The van der Waals surface area contributed by atoms with Gasteiger partial charge in [-0.15, -0.1) is 12.4 Å². The van der Waals surface area contributed by atoms with Gasteiger partial charge in [-0.2, -0.15) is 0 Å². The van der Waals surface area contributed by atoms with Crippen molar-refractivity contribution in [2.24, 2.45) is 0 Å². The minimum absolute atomic E-state index is 0. The van der Waals surface area contributed by atoms with Crippen LogP contribution in [-0.2, 0) is 27.3 Å². The van der Waals surface area contributed by atoms with E-state index in [0.29, 0.717) is 0 Å². The predicted molar refractivity (Wildman–Crippen MR) is 7.25 cm³/mol. The molecule has 0 fully saturated rings. The number of hydrogen-bond acceptors (Lipinski definition) is 0. The summed E-state index contributed by atoms with van der Waals surface area (Å²) in [6.07, 6.45) is 0. The molecule has 0 radical (unpaired) electrons. The fourth-order valence-corrected chi connectivity index (χ4v) is 0. The van der Waals surface area contributed by atoms with Crippen LogP contribution in [0, 0.1) is 0 Å². The Kier molecular flexibility index (Phi) is 222. The minimum atomic E-state index is 0. The summed E-state index contributed by atoms with van der Waals surface area (Å²) in [7, 11) is 0. The molecule has 0 aliphatic heterocycles. The molecule has 0 aromatic heterocycles. The van der Waals surface area contributed by atoms with Gasteiger partial charge in [-0.05, 0) is 0 Å². The standard InChI is InChI=1S/Cd.3ClH/h;3*1H/q+2;;;/p-2. The molecule has 0 atom stereocenters. The van der Waals surface area contributed by atoms with E-state index in [9.17, 15) is 0 Å². The third-order valence-corrected chi connectivity index (χ3v) is 0. The molecule has 0 rings (SSSR count). The van der Waals surface area contributed by atoms with Gasteiger partial charge in [-0.1, -0.05) is 0 Å². The molecule has 0 spiro atoms. The maximum absolute atomic E-state index is 0. The van der Waals surface area contributed by atoms with Gasteiger partial charge >= 0.3 is 27.3 Å². The van der Waals surface area contributed by atoms with Crippen molar-refractivity contribution in [2.75, 3.05) is 0 Å². The third-order valence-electron chi connectivity index (χ3n) is 0. The first-order chi connectivity index (χ1) is 0. The quantitative estimate of drug-likeness (QED) is 0.357. The molecule has 0 aliphatic carbocycles. The summed E-state index contributed by atoms with van der Waals surface area (Å²) in [5.74, 6) is 0. The van der Waals surface area contributed by atoms with Crippen LogP contribution >= 0.6 is 12.4 Å². The summed E-state index contributed by atoms with van der Waals surface area (Å²) < 4.78 is 0. The van der Waals surface area contributed by atoms with Crippen LogP contribution in [0.4, 0.5) is 0 Å². The summed E-state index contributed by atoms with van der Waals surface area (Å²) in [4.78, 5) is 0.